The number of ether oxygens (including phenoxy) is 2. The van der Waals surface area contributed by atoms with Gasteiger partial charge in [-0.05, 0) is 47.1 Å². The van der Waals surface area contributed by atoms with Gasteiger partial charge >= 0.3 is 5.97 Å². The zero-order valence-electron chi connectivity index (χ0n) is 14.3. The van der Waals surface area contributed by atoms with Crippen LogP contribution in [0.1, 0.15) is 47.5 Å². The molecule has 1 N–H and O–H groups in total. The van der Waals surface area contributed by atoms with E-state index in [0.717, 1.165) is 45.7 Å². The molecular formula is C16H32N2O3. The standard InChI is InChI=1S/C16H32N2O3/c1-6-9-17-16(5,14(19)21-7-2)8-10-18-11-12-20-13-15(18,3)4/h17H,6-13H2,1-5H3. The summed E-state index contributed by atoms with van der Waals surface area (Å²) < 4.78 is 10.8. The van der Waals surface area contributed by atoms with Crippen molar-refractivity contribution in [2.24, 2.45) is 0 Å². The number of esters is 1. The smallest absolute Gasteiger partial charge is 0.326 e. The van der Waals surface area contributed by atoms with Crippen LogP contribution in [-0.2, 0) is 14.3 Å². The molecule has 0 radical (unpaired) electrons. The van der Waals surface area contributed by atoms with E-state index in [9.17, 15) is 4.79 Å². The molecule has 0 bridgehead atoms. The van der Waals surface area contributed by atoms with Crippen LogP contribution in [0.15, 0.2) is 0 Å². The van der Waals surface area contributed by atoms with Crippen molar-refractivity contribution >= 4 is 5.97 Å². The molecule has 0 spiro atoms. The number of carbonyl (C=O) groups excluding carboxylic acids is 1. The molecule has 1 fully saturated rings. The van der Waals surface area contributed by atoms with Crippen molar-refractivity contribution in [1.29, 1.82) is 0 Å². The van der Waals surface area contributed by atoms with Crippen molar-refractivity contribution < 1.29 is 14.3 Å². The summed E-state index contributed by atoms with van der Waals surface area (Å²) >= 11 is 0. The van der Waals surface area contributed by atoms with Crippen molar-refractivity contribution in [2.45, 2.75) is 58.5 Å². The molecule has 124 valence electrons. The van der Waals surface area contributed by atoms with Crippen LogP contribution in [0.3, 0.4) is 0 Å². The summed E-state index contributed by atoms with van der Waals surface area (Å²) in [5, 5.41) is 3.36. The molecule has 0 aliphatic carbocycles. The molecule has 0 aromatic heterocycles. The topological polar surface area (TPSA) is 50.8 Å². The third-order valence-electron chi connectivity index (χ3n) is 4.19. The fourth-order valence-electron chi connectivity index (χ4n) is 2.62. The van der Waals surface area contributed by atoms with Crippen LogP contribution >= 0.6 is 0 Å². The normalized spacial score (nSPS) is 21.8. The Labute approximate surface area is 129 Å². The van der Waals surface area contributed by atoms with Crippen LogP contribution in [-0.4, -0.2) is 61.4 Å². The van der Waals surface area contributed by atoms with Gasteiger partial charge in [-0.1, -0.05) is 6.92 Å². The van der Waals surface area contributed by atoms with E-state index in [2.05, 4.69) is 31.0 Å². The van der Waals surface area contributed by atoms with Crippen molar-refractivity contribution in [3.63, 3.8) is 0 Å². The van der Waals surface area contributed by atoms with Gasteiger partial charge in [-0.2, -0.15) is 0 Å². The van der Waals surface area contributed by atoms with Crippen LogP contribution in [0, 0.1) is 0 Å². The Morgan fingerprint density at radius 1 is 1.43 bits per heavy atom. The molecule has 5 nitrogen and oxygen atoms in total. The molecule has 1 heterocycles. The Morgan fingerprint density at radius 2 is 2.14 bits per heavy atom. The maximum atomic E-state index is 12.3. The Hall–Kier alpha value is -0.650. The van der Waals surface area contributed by atoms with Gasteiger partial charge in [0, 0.05) is 18.6 Å². The summed E-state index contributed by atoms with van der Waals surface area (Å²) in [6.45, 7) is 14.8. The van der Waals surface area contributed by atoms with Gasteiger partial charge in [-0.3, -0.25) is 9.69 Å². The summed E-state index contributed by atoms with van der Waals surface area (Å²) in [6, 6.07) is 0. The van der Waals surface area contributed by atoms with Crippen molar-refractivity contribution in [1.82, 2.24) is 10.2 Å². The molecule has 0 aromatic carbocycles. The zero-order valence-corrected chi connectivity index (χ0v) is 14.3. The maximum absolute atomic E-state index is 12.3. The zero-order chi connectivity index (χ0) is 15.9. The van der Waals surface area contributed by atoms with E-state index in [-0.39, 0.29) is 11.5 Å². The van der Waals surface area contributed by atoms with E-state index < -0.39 is 5.54 Å². The summed E-state index contributed by atoms with van der Waals surface area (Å²) in [6.07, 6.45) is 1.74. The van der Waals surface area contributed by atoms with Gasteiger partial charge in [0.15, 0.2) is 0 Å². The second kappa shape index (κ2) is 8.11. The van der Waals surface area contributed by atoms with E-state index in [1.807, 2.05) is 13.8 Å². The van der Waals surface area contributed by atoms with Crippen LogP contribution in [0.2, 0.25) is 0 Å². The van der Waals surface area contributed by atoms with E-state index in [1.165, 1.54) is 0 Å². The molecule has 21 heavy (non-hydrogen) atoms. The lowest BCUT2D eigenvalue weighted by molar-refractivity contribution is -0.151. The van der Waals surface area contributed by atoms with E-state index in [1.54, 1.807) is 0 Å². The first kappa shape index (κ1) is 18.4. The molecule has 0 saturated carbocycles. The molecule has 1 saturated heterocycles. The molecule has 1 rings (SSSR count). The molecular weight excluding hydrogens is 268 g/mol. The fourth-order valence-corrected chi connectivity index (χ4v) is 2.62. The highest BCUT2D eigenvalue weighted by atomic mass is 16.5. The average Bonchev–Trinajstić information content (AvgIpc) is 2.43. The quantitative estimate of drug-likeness (QED) is 0.693. The van der Waals surface area contributed by atoms with Gasteiger partial charge in [0.1, 0.15) is 5.54 Å². The van der Waals surface area contributed by atoms with E-state index in [4.69, 9.17) is 9.47 Å². The lowest BCUT2D eigenvalue weighted by atomic mass is 9.94. The molecule has 1 aliphatic rings. The summed E-state index contributed by atoms with van der Waals surface area (Å²) in [5.41, 5.74) is -0.584. The minimum Gasteiger partial charge on any atom is -0.465 e. The van der Waals surface area contributed by atoms with Crippen LogP contribution < -0.4 is 5.32 Å². The van der Waals surface area contributed by atoms with E-state index >= 15 is 0 Å². The van der Waals surface area contributed by atoms with Gasteiger partial charge in [-0.15, -0.1) is 0 Å². The fraction of sp³-hybridized carbons (Fsp3) is 0.938. The van der Waals surface area contributed by atoms with Crippen molar-refractivity contribution in [3.8, 4) is 0 Å². The first-order valence-electron chi connectivity index (χ1n) is 8.11. The SMILES string of the molecule is CCCNC(C)(CCN1CCOCC1(C)C)C(=O)OCC. The van der Waals surface area contributed by atoms with Crippen LogP contribution in [0.5, 0.6) is 0 Å². The molecule has 0 amide bonds. The van der Waals surface area contributed by atoms with Gasteiger partial charge in [0.25, 0.3) is 0 Å². The number of rotatable bonds is 8. The monoisotopic (exact) mass is 300 g/mol. The highest BCUT2D eigenvalue weighted by Gasteiger charge is 2.37. The number of carbonyl (C=O) groups is 1. The summed E-state index contributed by atoms with van der Waals surface area (Å²) in [7, 11) is 0. The van der Waals surface area contributed by atoms with Crippen LogP contribution in [0.4, 0.5) is 0 Å². The highest BCUT2D eigenvalue weighted by Crippen LogP contribution is 2.22. The van der Waals surface area contributed by atoms with Crippen molar-refractivity contribution in [2.75, 3.05) is 39.5 Å². The summed E-state index contributed by atoms with van der Waals surface area (Å²) in [4.78, 5) is 14.7. The first-order chi connectivity index (χ1) is 9.85. The molecule has 1 atom stereocenters. The number of hydrogen-bond acceptors (Lipinski definition) is 5. The number of hydrogen-bond donors (Lipinski definition) is 1. The lowest BCUT2D eigenvalue weighted by Gasteiger charge is -2.43. The first-order valence-corrected chi connectivity index (χ1v) is 8.11. The largest absolute Gasteiger partial charge is 0.465 e. The van der Waals surface area contributed by atoms with Crippen LogP contribution in [0.25, 0.3) is 0 Å². The molecule has 0 aromatic rings. The second-order valence-corrected chi connectivity index (χ2v) is 6.58. The van der Waals surface area contributed by atoms with E-state index in [0.29, 0.717) is 6.61 Å². The third kappa shape index (κ3) is 5.24. The number of morpholine rings is 1. The molecule has 5 heteroatoms. The second-order valence-electron chi connectivity index (χ2n) is 6.58. The Kier molecular flexibility index (Phi) is 7.10. The highest BCUT2D eigenvalue weighted by molar-refractivity contribution is 5.80. The number of nitrogens with one attached hydrogen (secondary N) is 1. The van der Waals surface area contributed by atoms with Gasteiger partial charge in [-0.25, -0.2) is 0 Å². The molecule has 1 aliphatic heterocycles. The minimum absolute atomic E-state index is 0.0264. The van der Waals surface area contributed by atoms with Gasteiger partial charge < -0.3 is 14.8 Å². The molecule has 1 unspecified atom stereocenters. The average molecular weight is 300 g/mol. The predicted molar refractivity (Wildman–Crippen MR) is 84.4 cm³/mol. The Bertz CT molecular complexity index is 333. The minimum atomic E-state index is -0.611. The van der Waals surface area contributed by atoms with Gasteiger partial charge in [0.05, 0.1) is 19.8 Å². The predicted octanol–water partition coefficient (Wildman–Crippen LogP) is 1.81. The summed E-state index contributed by atoms with van der Waals surface area (Å²) in [5.74, 6) is -0.149. The van der Waals surface area contributed by atoms with Crippen molar-refractivity contribution in [3.05, 3.63) is 0 Å². The Balaban J connectivity index is 2.65. The Morgan fingerprint density at radius 3 is 2.71 bits per heavy atom. The lowest BCUT2D eigenvalue weighted by Crippen LogP contribution is -2.57. The third-order valence-corrected chi connectivity index (χ3v) is 4.19. The maximum Gasteiger partial charge on any atom is 0.326 e. The number of nitrogens with zero attached hydrogens (tertiary/aromatic N) is 1. The van der Waals surface area contributed by atoms with Gasteiger partial charge in [0.2, 0.25) is 0 Å².